The van der Waals surface area contributed by atoms with Crippen molar-refractivity contribution >= 4 is 16.2 Å². The zero-order chi connectivity index (χ0) is 12.5. The Morgan fingerprint density at radius 1 is 1.56 bits per heavy atom. The van der Waals surface area contributed by atoms with Gasteiger partial charge in [0.25, 0.3) is 10.2 Å². The molecule has 0 radical (unpaired) electrons. The van der Waals surface area contributed by atoms with Crippen molar-refractivity contribution in [2.24, 2.45) is 5.92 Å². The number of rotatable bonds is 4. The normalized spacial score (nSPS) is 24.9. The number of nitrogens with zero attached hydrogens (tertiary/aromatic N) is 2. The maximum Gasteiger partial charge on any atom is 0.321 e. The average molecular weight is 250 g/mol. The first-order chi connectivity index (χ1) is 7.26. The SMILES string of the molecule is CC1CCN(S(=O)(=O)N(C)C(C)C(=O)O)C1. The van der Waals surface area contributed by atoms with E-state index in [1.807, 2.05) is 6.92 Å². The van der Waals surface area contributed by atoms with Gasteiger partial charge in [-0.3, -0.25) is 4.79 Å². The monoisotopic (exact) mass is 250 g/mol. The second-order valence-corrected chi connectivity index (χ2v) is 6.28. The Balaban J connectivity index is 2.81. The fourth-order valence-corrected chi connectivity index (χ4v) is 3.27. The maximum absolute atomic E-state index is 12.0. The van der Waals surface area contributed by atoms with Gasteiger partial charge >= 0.3 is 5.97 Å². The molecule has 1 aliphatic rings. The fraction of sp³-hybridized carbons (Fsp3) is 0.889. The van der Waals surface area contributed by atoms with E-state index < -0.39 is 22.2 Å². The summed E-state index contributed by atoms with van der Waals surface area (Å²) in [5, 5.41) is 8.79. The molecular weight excluding hydrogens is 232 g/mol. The molecule has 1 heterocycles. The van der Waals surface area contributed by atoms with Crippen molar-refractivity contribution in [2.45, 2.75) is 26.3 Å². The van der Waals surface area contributed by atoms with E-state index in [1.165, 1.54) is 18.3 Å². The average Bonchev–Trinajstić information content (AvgIpc) is 2.62. The molecule has 2 atom stereocenters. The van der Waals surface area contributed by atoms with Crippen molar-refractivity contribution in [3.63, 3.8) is 0 Å². The van der Waals surface area contributed by atoms with Gasteiger partial charge in [-0.15, -0.1) is 0 Å². The molecule has 16 heavy (non-hydrogen) atoms. The number of hydrogen-bond donors (Lipinski definition) is 1. The topological polar surface area (TPSA) is 77.9 Å². The van der Waals surface area contributed by atoms with Crippen molar-refractivity contribution in [3.8, 4) is 0 Å². The van der Waals surface area contributed by atoms with E-state index in [9.17, 15) is 13.2 Å². The van der Waals surface area contributed by atoms with Crippen LogP contribution in [0.1, 0.15) is 20.3 Å². The van der Waals surface area contributed by atoms with Gasteiger partial charge in [0.15, 0.2) is 0 Å². The van der Waals surface area contributed by atoms with Crippen molar-refractivity contribution < 1.29 is 18.3 Å². The third-order valence-corrected chi connectivity index (χ3v) is 5.01. The lowest BCUT2D eigenvalue weighted by molar-refractivity contribution is -0.140. The molecule has 1 rings (SSSR count). The molecule has 0 aromatic carbocycles. The molecule has 0 aromatic rings. The summed E-state index contributed by atoms with van der Waals surface area (Å²) in [7, 11) is -2.33. The fourth-order valence-electron chi connectivity index (χ4n) is 1.64. The van der Waals surface area contributed by atoms with Crippen molar-refractivity contribution in [1.29, 1.82) is 0 Å². The molecule has 0 aromatic heterocycles. The molecule has 1 fully saturated rings. The minimum atomic E-state index is -3.63. The van der Waals surface area contributed by atoms with Crippen LogP contribution in [-0.4, -0.2) is 54.3 Å². The molecule has 7 heteroatoms. The van der Waals surface area contributed by atoms with Crippen LogP contribution in [0.2, 0.25) is 0 Å². The molecule has 0 spiro atoms. The molecule has 1 aliphatic heterocycles. The summed E-state index contributed by atoms with van der Waals surface area (Å²) in [6.07, 6.45) is 0.828. The smallest absolute Gasteiger partial charge is 0.321 e. The molecule has 1 N–H and O–H groups in total. The molecule has 0 saturated carbocycles. The highest BCUT2D eigenvalue weighted by Crippen LogP contribution is 2.21. The lowest BCUT2D eigenvalue weighted by Crippen LogP contribution is -2.47. The Hall–Kier alpha value is -0.660. The minimum absolute atomic E-state index is 0.336. The van der Waals surface area contributed by atoms with E-state index in [4.69, 9.17) is 5.11 Å². The number of likely N-dealkylation sites (N-methyl/N-ethyl adjacent to an activating group) is 1. The summed E-state index contributed by atoms with van der Waals surface area (Å²) < 4.78 is 26.3. The Labute approximate surface area is 96.0 Å². The van der Waals surface area contributed by atoms with Gasteiger partial charge in [0.1, 0.15) is 6.04 Å². The highest BCUT2D eigenvalue weighted by Gasteiger charge is 2.36. The van der Waals surface area contributed by atoms with Gasteiger partial charge in [0.2, 0.25) is 0 Å². The highest BCUT2D eigenvalue weighted by atomic mass is 32.2. The molecule has 0 aliphatic carbocycles. The van der Waals surface area contributed by atoms with E-state index in [2.05, 4.69) is 0 Å². The maximum atomic E-state index is 12.0. The second kappa shape index (κ2) is 4.68. The van der Waals surface area contributed by atoms with E-state index in [0.29, 0.717) is 19.0 Å². The number of carboxylic acid groups (broad SMARTS) is 1. The van der Waals surface area contributed by atoms with E-state index in [-0.39, 0.29) is 0 Å². The molecular formula is C9H18N2O4S. The van der Waals surface area contributed by atoms with Crippen LogP contribution in [-0.2, 0) is 15.0 Å². The zero-order valence-corrected chi connectivity index (χ0v) is 10.6. The molecule has 94 valence electrons. The molecule has 1 saturated heterocycles. The summed E-state index contributed by atoms with van der Waals surface area (Å²) in [6.45, 7) is 4.29. The Kier molecular flexibility index (Phi) is 3.92. The number of carboxylic acids is 1. The summed E-state index contributed by atoms with van der Waals surface area (Å²) >= 11 is 0. The van der Waals surface area contributed by atoms with Crippen LogP contribution in [0, 0.1) is 5.92 Å². The van der Waals surface area contributed by atoms with Crippen LogP contribution < -0.4 is 0 Å². The molecule has 6 nitrogen and oxygen atoms in total. The lowest BCUT2D eigenvalue weighted by atomic mass is 10.2. The molecule has 0 bridgehead atoms. The minimum Gasteiger partial charge on any atom is -0.480 e. The predicted octanol–water partition coefficient (Wildman–Crippen LogP) is -0.0221. The van der Waals surface area contributed by atoms with Gasteiger partial charge < -0.3 is 5.11 Å². The number of carbonyl (C=O) groups is 1. The summed E-state index contributed by atoms with van der Waals surface area (Å²) in [6, 6.07) is -1.04. The van der Waals surface area contributed by atoms with Gasteiger partial charge in [-0.2, -0.15) is 17.0 Å². The van der Waals surface area contributed by atoms with Crippen molar-refractivity contribution in [3.05, 3.63) is 0 Å². The van der Waals surface area contributed by atoms with Gasteiger partial charge in [-0.1, -0.05) is 6.92 Å². The molecule has 0 amide bonds. The third-order valence-electron chi connectivity index (χ3n) is 2.98. The number of aliphatic carboxylic acids is 1. The van der Waals surface area contributed by atoms with Crippen LogP contribution in [0.15, 0.2) is 0 Å². The zero-order valence-electron chi connectivity index (χ0n) is 9.75. The third kappa shape index (κ3) is 2.53. The first kappa shape index (κ1) is 13.4. The second-order valence-electron chi connectivity index (χ2n) is 4.29. The van der Waals surface area contributed by atoms with Crippen molar-refractivity contribution in [1.82, 2.24) is 8.61 Å². The predicted molar refractivity (Wildman–Crippen MR) is 59.1 cm³/mol. The quantitative estimate of drug-likeness (QED) is 0.760. The van der Waals surface area contributed by atoms with Crippen molar-refractivity contribution in [2.75, 3.05) is 20.1 Å². The summed E-state index contributed by atoms with van der Waals surface area (Å²) in [5.74, 6) is -0.804. The van der Waals surface area contributed by atoms with Crippen LogP contribution in [0.3, 0.4) is 0 Å². The highest BCUT2D eigenvalue weighted by molar-refractivity contribution is 7.86. The van der Waals surface area contributed by atoms with E-state index in [1.54, 1.807) is 0 Å². The first-order valence-electron chi connectivity index (χ1n) is 5.22. The van der Waals surface area contributed by atoms with Gasteiger partial charge in [0, 0.05) is 20.1 Å². The number of hydrogen-bond acceptors (Lipinski definition) is 3. The van der Waals surface area contributed by atoms with Crippen LogP contribution in [0.25, 0.3) is 0 Å². The molecule has 2 unspecified atom stereocenters. The van der Waals surface area contributed by atoms with Crippen LogP contribution in [0.4, 0.5) is 0 Å². The largest absolute Gasteiger partial charge is 0.480 e. The first-order valence-corrected chi connectivity index (χ1v) is 6.62. The van der Waals surface area contributed by atoms with Gasteiger partial charge in [-0.05, 0) is 19.3 Å². The Bertz CT molecular complexity index is 368. The summed E-state index contributed by atoms with van der Waals surface area (Å²) in [4.78, 5) is 10.7. The standard InChI is InChI=1S/C9H18N2O4S/c1-7-4-5-11(6-7)16(14,15)10(3)8(2)9(12)13/h7-8H,4-6H2,1-3H3,(H,12,13). The van der Waals surface area contributed by atoms with E-state index in [0.717, 1.165) is 10.7 Å². The Morgan fingerprint density at radius 2 is 2.12 bits per heavy atom. The lowest BCUT2D eigenvalue weighted by Gasteiger charge is -2.26. The van der Waals surface area contributed by atoms with Gasteiger partial charge in [0.05, 0.1) is 0 Å². The summed E-state index contributed by atoms with van der Waals surface area (Å²) in [5.41, 5.74) is 0. The van der Waals surface area contributed by atoms with Gasteiger partial charge in [-0.25, -0.2) is 0 Å². The van der Waals surface area contributed by atoms with Crippen LogP contribution >= 0.6 is 0 Å². The van der Waals surface area contributed by atoms with E-state index >= 15 is 0 Å². The Morgan fingerprint density at radius 3 is 2.50 bits per heavy atom. The van der Waals surface area contributed by atoms with Crippen LogP contribution in [0.5, 0.6) is 0 Å².